The van der Waals surface area contributed by atoms with Gasteiger partial charge < -0.3 is 40.3 Å². The number of hydrogen-bond acceptors (Lipinski definition) is 8. The van der Waals surface area contributed by atoms with Crippen molar-refractivity contribution in [1.29, 1.82) is 0 Å². The third-order valence-corrected chi connectivity index (χ3v) is 16.2. The molecular formula is C68H129NO8. The van der Waals surface area contributed by atoms with E-state index < -0.39 is 49.5 Å². The SMILES string of the molecule is CCCCCCC/C=C\C/C=C\C/C=C\CCCCCCCCCCCCCCCCCCCCC(=O)NC(COC1OC(CO)C(O)C(O)C1O)C(O)CCCCCCCCCCCCCCCCCCCCCCC. The van der Waals surface area contributed by atoms with Crippen LogP contribution in [0.15, 0.2) is 36.5 Å². The van der Waals surface area contributed by atoms with E-state index >= 15 is 0 Å². The van der Waals surface area contributed by atoms with Gasteiger partial charge in [0.05, 0.1) is 25.4 Å². The predicted octanol–water partition coefficient (Wildman–Crippen LogP) is 17.9. The summed E-state index contributed by atoms with van der Waals surface area (Å²) in [5.41, 5.74) is 0. The molecule has 454 valence electrons. The van der Waals surface area contributed by atoms with Crippen LogP contribution in [0, 0.1) is 0 Å². The molecule has 1 fully saturated rings. The Hall–Kier alpha value is -1.59. The van der Waals surface area contributed by atoms with Gasteiger partial charge in [0.1, 0.15) is 24.4 Å². The molecule has 6 N–H and O–H groups in total. The Morgan fingerprint density at radius 1 is 0.442 bits per heavy atom. The van der Waals surface area contributed by atoms with Crippen LogP contribution in [0.5, 0.6) is 0 Å². The molecule has 0 spiro atoms. The molecule has 9 nitrogen and oxygen atoms in total. The van der Waals surface area contributed by atoms with Crippen molar-refractivity contribution in [2.45, 2.75) is 378 Å². The number of unbranched alkanes of at least 4 members (excludes halogenated alkanes) is 43. The number of nitrogens with one attached hydrogen (secondary N) is 1. The number of hydrogen-bond donors (Lipinski definition) is 6. The summed E-state index contributed by atoms with van der Waals surface area (Å²) in [7, 11) is 0. The highest BCUT2D eigenvalue weighted by Gasteiger charge is 2.44. The van der Waals surface area contributed by atoms with E-state index in [2.05, 4.69) is 55.6 Å². The van der Waals surface area contributed by atoms with Crippen LogP contribution >= 0.6 is 0 Å². The molecule has 7 unspecified atom stereocenters. The van der Waals surface area contributed by atoms with Crippen LogP contribution in [0.25, 0.3) is 0 Å². The fraction of sp³-hybridized carbons (Fsp3) is 0.897. The maximum absolute atomic E-state index is 13.1. The first kappa shape index (κ1) is 73.4. The zero-order valence-electron chi connectivity index (χ0n) is 50.7. The van der Waals surface area contributed by atoms with Crippen molar-refractivity contribution in [2.24, 2.45) is 0 Å². The highest BCUT2D eigenvalue weighted by Crippen LogP contribution is 2.24. The molecule has 0 aliphatic carbocycles. The van der Waals surface area contributed by atoms with Gasteiger partial charge in [-0.2, -0.15) is 0 Å². The second-order valence-electron chi connectivity index (χ2n) is 23.6. The summed E-state index contributed by atoms with van der Waals surface area (Å²) in [6.45, 7) is 3.87. The van der Waals surface area contributed by atoms with E-state index in [9.17, 15) is 30.3 Å². The Bertz CT molecular complexity index is 1310. The topological polar surface area (TPSA) is 149 Å². The predicted molar refractivity (Wildman–Crippen MR) is 327 cm³/mol. The molecule has 1 amide bonds. The first-order valence-electron chi connectivity index (χ1n) is 33.7. The summed E-state index contributed by atoms with van der Waals surface area (Å²) >= 11 is 0. The maximum Gasteiger partial charge on any atom is 0.220 e. The molecule has 0 bridgehead atoms. The molecule has 7 atom stereocenters. The van der Waals surface area contributed by atoms with Gasteiger partial charge in [-0.15, -0.1) is 0 Å². The number of allylic oxidation sites excluding steroid dienone is 6. The number of carbonyl (C=O) groups excluding carboxylic acids is 1. The monoisotopic (exact) mass is 1090 g/mol. The van der Waals surface area contributed by atoms with E-state index in [4.69, 9.17) is 9.47 Å². The maximum atomic E-state index is 13.1. The van der Waals surface area contributed by atoms with Gasteiger partial charge in [0, 0.05) is 6.42 Å². The average Bonchev–Trinajstić information content (AvgIpc) is 3.43. The number of aliphatic hydroxyl groups excluding tert-OH is 5. The highest BCUT2D eigenvalue weighted by molar-refractivity contribution is 5.76. The van der Waals surface area contributed by atoms with Crippen molar-refractivity contribution >= 4 is 5.91 Å². The first-order chi connectivity index (χ1) is 37.8. The number of rotatable bonds is 59. The molecule has 1 heterocycles. The van der Waals surface area contributed by atoms with Crippen LogP contribution in [0.4, 0.5) is 0 Å². The Morgan fingerprint density at radius 3 is 1.13 bits per heavy atom. The third-order valence-electron chi connectivity index (χ3n) is 16.2. The molecule has 9 heteroatoms. The second kappa shape index (κ2) is 57.6. The normalized spacial score (nSPS) is 18.9. The fourth-order valence-electron chi connectivity index (χ4n) is 10.9. The largest absolute Gasteiger partial charge is 0.394 e. The molecule has 1 aliphatic rings. The second-order valence-corrected chi connectivity index (χ2v) is 23.6. The average molecular weight is 1090 g/mol. The van der Waals surface area contributed by atoms with Crippen molar-refractivity contribution < 1.29 is 39.8 Å². The number of amides is 1. The lowest BCUT2D eigenvalue weighted by molar-refractivity contribution is -0.302. The minimum Gasteiger partial charge on any atom is -0.394 e. The lowest BCUT2D eigenvalue weighted by atomic mass is 9.99. The van der Waals surface area contributed by atoms with Gasteiger partial charge in [0.25, 0.3) is 0 Å². The summed E-state index contributed by atoms with van der Waals surface area (Å²) in [6.07, 6.45) is 69.1. The zero-order chi connectivity index (χ0) is 55.8. The van der Waals surface area contributed by atoms with Crippen LogP contribution < -0.4 is 5.32 Å². The lowest BCUT2D eigenvalue weighted by Gasteiger charge is -2.40. The number of ether oxygens (including phenoxy) is 2. The minimum atomic E-state index is -1.55. The molecule has 0 radical (unpaired) electrons. The minimum absolute atomic E-state index is 0.134. The smallest absolute Gasteiger partial charge is 0.220 e. The highest BCUT2D eigenvalue weighted by atomic mass is 16.7. The van der Waals surface area contributed by atoms with Crippen LogP contribution in [0.1, 0.15) is 335 Å². The van der Waals surface area contributed by atoms with Gasteiger partial charge in [0.2, 0.25) is 5.91 Å². The molecule has 0 aromatic rings. The van der Waals surface area contributed by atoms with Crippen molar-refractivity contribution in [3.63, 3.8) is 0 Å². The summed E-state index contributed by atoms with van der Waals surface area (Å²) in [5.74, 6) is -0.138. The van der Waals surface area contributed by atoms with Gasteiger partial charge in [0.15, 0.2) is 6.29 Å². The Kier molecular flexibility index (Phi) is 55.0. The Labute approximate surface area is 476 Å². The zero-order valence-corrected chi connectivity index (χ0v) is 50.7. The fourth-order valence-corrected chi connectivity index (χ4v) is 10.9. The quantitative estimate of drug-likeness (QED) is 0.0261. The van der Waals surface area contributed by atoms with Crippen molar-refractivity contribution in [3.8, 4) is 0 Å². The molecule has 0 saturated carbocycles. The standard InChI is InChI=1S/C68H129NO8/c1-3-5-7-9-11-13-15-17-19-21-23-25-26-27-28-29-30-31-32-33-34-35-36-38-40-42-44-46-48-50-52-54-56-58-64(72)69-61(60-76-68-67(75)66(74)65(73)63(59-70)77-68)62(71)57-55-53-51-49-47-45-43-41-39-37-24-22-20-18-16-14-12-10-8-6-4-2/h15,17,21,23,26-27,61-63,65-68,70-71,73-75H,3-14,16,18-20,22,24-25,28-60H2,1-2H3,(H,69,72)/b17-15-,23-21-,27-26-. The van der Waals surface area contributed by atoms with Crippen LogP contribution in [-0.2, 0) is 14.3 Å². The third kappa shape index (κ3) is 46.7. The van der Waals surface area contributed by atoms with Gasteiger partial charge in [-0.1, -0.05) is 314 Å². The number of aliphatic hydroxyl groups is 5. The Morgan fingerprint density at radius 2 is 0.766 bits per heavy atom. The molecule has 1 saturated heterocycles. The van der Waals surface area contributed by atoms with E-state index in [-0.39, 0.29) is 12.5 Å². The van der Waals surface area contributed by atoms with Gasteiger partial charge >= 0.3 is 0 Å². The van der Waals surface area contributed by atoms with Crippen molar-refractivity contribution in [1.82, 2.24) is 5.32 Å². The summed E-state index contributed by atoms with van der Waals surface area (Å²) in [4.78, 5) is 13.1. The van der Waals surface area contributed by atoms with Gasteiger partial charge in [-0.25, -0.2) is 0 Å². The van der Waals surface area contributed by atoms with Crippen LogP contribution in [0.2, 0.25) is 0 Å². The van der Waals surface area contributed by atoms with E-state index in [1.54, 1.807) is 0 Å². The van der Waals surface area contributed by atoms with Crippen LogP contribution in [-0.4, -0.2) is 87.5 Å². The molecule has 1 aliphatic heterocycles. The molecule has 0 aromatic heterocycles. The molecule has 77 heavy (non-hydrogen) atoms. The van der Waals surface area contributed by atoms with E-state index in [0.29, 0.717) is 12.8 Å². The molecular weight excluding hydrogens is 959 g/mol. The Balaban J connectivity index is 2.11. The van der Waals surface area contributed by atoms with Gasteiger partial charge in [-0.05, 0) is 51.4 Å². The summed E-state index contributed by atoms with van der Waals surface area (Å²) in [6, 6.07) is -0.719. The lowest BCUT2D eigenvalue weighted by Crippen LogP contribution is -2.60. The van der Waals surface area contributed by atoms with E-state index in [0.717, 1.165) is 51.4 Å². The van der Waals surface area contributed by atoms with E-state index in [1.165, 1.54) is 257 Å². The van der Waals surface area contributed by atoms with Crippen molar-refractivity contribution in [2.75, 3.05) is 13.2 Å². The molecule has 0 aromatic carbocycles. The van der Waals surface area contributed by atoms with E-state index in [1.807, 2.05) is 0 Å². The first-order valence-corrected chi connectivity index (χ1v) is 33.7. The van der Waals surface area contributed by atoms with Crippen LogP contribution in [0.3, 0.4) is 0 Å². The summed E-state index contributed by atoms with van der Waals surface area (Å²) in [5, 5.41) is 54.9. The number of carbonyl (C=O) groups is 1. The van der Waals surface area contributed by atoms with Crippen molar-refractivity contribution in [3.05, 3.63) is 36.5 Å². The van der Waals surface area contributed by atoms with Gasteiger partial charge in [-0.3, -0.25) is 4.79 Å². The summed E-state index contributed by atoms with van der Waals surface area (Å²) < 4.78 is 11.4. The molecule has 1 rings (SSSR count).